The van der Waals surface area contributed by atoms with Crippen molar-refractivity contribution >= 4 is 37.5 Å². The molecule has 0 atom stereocenters. The molecule has 0 aliphatic heterocycles. The Labute approximate surface area is 139 Å². The number of H-pyrrole nitrogens is 1. The molecule has 4 nitrogen and oxygen atoms in total. The SMILES string of the molecule is Brc1cnc(CNc2cccc(-c3ccn[nH]3)c2)c(Br)c1. The van der Waals surface area contributed by atoms with E-state index in [-0.39, 0.29) is 0 Å². The molecule has 106 valence electrons. The van der Waals surface area contributed by atoms with Crippen molar-refractivity contribution in [1.82, 2.24) is 15.2 Å². The lowest BCUT2D eigenvalue weighted by atomic mass is 10.1. The molecule has 0 aliphatic carbocycles. The van der Waals surface area contributed by atoms with E-state index in [4.69, 9.17) is 0 Å². The first kappa shape index (κ1) is 14.3. The molecule has 2 aromatic heterocycles. The predicted octanol–water partition coefficient (Wildman–Crippen LogP) is 4.61. The third-order valence-corrected chi connectivity index (χ3v) is 4.14. The molecule has 21 heavy (non-hydrogen) atoms. The van der Waals surface area contributed by atoms with E-state index in [0.29, 0.717) is 6.54 Å². The second-order valence-electron chi connectivity index (χ2n) is 4.49. The minimum Gasteiger partial charge on any atom is -0.379 e. The van der Waals surface area contributed by atoms with Crippen LogP contribution in [0, 0.1) is 0 Å². The number of hydrogen-bond acceptors (Lipinski definition) is 3. The van der Waals surface area contributed by atoms with Crippen LogP contribution in [0.15, 0.2) is 57.7 Å². The Morgan fingerprint density at radius 2 is 2.05 bits per heavy atom. The van der Waals surface area contributed by atoms with Gasteiger partial charge in [0.05, 0.1) is 17.9 Å². The molecule has 3 aromatic rings. The number of nitrogens with one attached hydrogen (secondary N) is 2. The van der Waals surface area contributed by atoms with Crippen molar-refractivity contribution in [1.29, 1.82) is 0 Å². The van der Waals surface area contributed by atoms with Gasteiger partial charge in [-0.15, -0.1) is 0 Å². The van der Waals surface area contributed by atoms with Gasteiger partial charge < -0.3 is 5.32 Å². The Kier molecular flexibility index (Phi) is 4.36. The fourth-order valence-corrected chi connectivity index (χ4v) is 3.10. The molecule has 0 fully saturated rings. The number of hydrogen-bond donors (Lipinski definition) is 2. The normalized spacial score (nSPS) is 10.6. The Hall–Kier alpha value is -1.66. The fraction of sp³-hybridized carbons (Fsp3) is 0.0667. The summed E-state index contributed by atoms with van der Waals surface area (Å²) in [4.78, 5) is 4.39. The number of halogens is 2. The molecule has 6 heteroatoms. The molecular formula is C15H12Br2N4. The zero-order chi connectivity index (χ0) is 14.7. The van der Waals surface area contributed by atoms with Crippen LogP contribution < -0.4 is 5.32 Å². The van der Waals surface area contributed by atoms with Crippen LogP contribution in [-0.4, -0.2) is 15.2 Å². The molecule has 0 saturated carbocycles. The Bertz CT molecular complexity index is 741. The first-order valence-electron chi connectivity index (χ1n) is 6.36. The van der Waals surface area contributed by atoms with Crippen LogP contribution in [0.1, 0.15) is 5.69 Å². The quantitative estimate of drug-likeness (QED) is 0.663. The van der Waals surface area contributed by atoms with Crippen molar-refractivity contribution < 1.29 is 0 Å². The summed E-state index contributed by atoms with van der Waals surface area (Å²) < 4.78 is 1.94. The molecule has 0 spiro atoms. The van der Waals surface area contributed by atoms with Crippen molar-refractivity contribution in [3.05, 3.63) is 63.4 Å². The summed E-state index contributed by atoms with van der Waals surface area (Å²) in [6.07, 6.45) is 3.54. The standard InChI is InChI=1S/C15H12Br2N4/c16-11-7-13(17)15(19-8-11)9-18-12-3-1-2-10(6-12)14-4-5-20-21-14/h1-8,18H,9H2,(H,20,21). The minimum atomic E-state index is 0.653. The van der Waals surface area contributed by atoms with Crippen molar-refractivity contribution in [2.45, 2.75) is 6.54 Å². The first-order valence-corrected chi connectivity index (χ1v) is 7.94. The monoisotopic (exact) mass is 406 g/mol. The smallest absolute Gasteiger partial charge is 0.0737 e. The zero-order valence-corrected chi connectivity index (χ0v) is 14.1. The lowest BCUT2D eigenvalue weighted by Crippen LogP contribution is -2.02. The molecule has 2 N–H and O–H groups in total. The van der Waals surface area contributed by atoms with E-state index in [1.54, 1.807) is 12.4 Å². The van der Waals surface area contributed by atoms with Gasteiger partial charge >= 0.3 is 0 Å². The summed E-state index contributed by atoms with van der Waals surface area (Å²) in [5.41, 5.74) is 4.10. The summed E-state index contributed by atoms with van der Waals surface area (Å²) in [5.74, 6) is 0. The van der Waals surface area contributed by atoms with Gasteiger partial charge in [-0.25, -0.2) is 0 Å². The molecule has 0 radical (unpaired) electrons. The molecule has 3 rings (SSSR count). The molecule has 0 amide bonds. The van der Waals surface area contributed by atoms with E-state index < -0.39 is 0 Å². The van der Waals surface area contributed by atoms with Crippen LogP contribution in [-0.2, 0) is 6.54 Å². The molecule has 0 bridgehead atoms. The van der Waals surface area contributed by atoms with Crippen LogP contribution in [0.4, 0.5) is 5.69 Å². The van der Waals surface area contributed by atoms with Gasteiger partial charge in [0.2, 0.25) is 0 Å². The van der Waals surface area contributed by atoms with Crippen LogP contribution in [0.25, 0.3) is 11.3 Å². The number of aromatic amines is 1. The van der Waals surface area contributed by atoms with Gasteiger partial charge in [-0.1, -0.05) is 12.1 Å². The molecule has 0 aliphatic rings. The van der Waals surface area contributed by atoms with Gasteiger partial charge in [0.15, 0.2) is 0 Å². The lowest BCUT2D eigenvalue weighted by molar-refractivity contribution is 1.03. The summed E-state index contributed by atoms with van der Waals surface area (Å²) in [6.45, 7) is 0.653. The van der Waals surface area contributed by atoms with Gasteiger partial charge in [-0.05, 0) is 56.1 Å². The molecule has 0 saturated heterocycles. The second-order valence-corrected chi connectivity index (χ2v) is 6.26. The fourth-order valence-electron chi connectivity index (χ4n) is 1.97. The summed E-state index contributed by atoms with van der Waals surface area (Å²) in [5, 5.41) is 10.3. The number of aromatic nitrogens is 3. The van der Waals surface area contributed by atoms with Crippen LogP contribution in [0.5, 0.6) is 0 Å². The third kappa shape index (κ3) is 3.51. The van der Waals surface area contributed by atoms with Crippen molar-refractivity contribution in [3.8, 4) is 11.3 Å². The number of rotatable bonds is 4. The van der Waals surface area contributed by atoms with Crippen molar-refractivity contribution in [2.24, 2.45) is 0 Å². The van der Waals surface area contributed by atoms with E-state index >= 15 is 0 Å². The highest BCUT2D eigenvalue weighted by Gasteiger charge is 2.04. The average molecular weight is 408 g/mol. The lowest BCUT2D eigenvalue weighted by Gasteiger charge is -2.09. The van der Waals surface area contributed by atoms with Gasteiger partial charge in [-0.3, -0.25) is 10.1 Å². The summed E-state index contributed by atoms with van der Waals surface area (Å²) in [6, 6.07) is 12.1. The van der Waals surface area contributed by atoms with Crippen LogP contribution >= 0.6 is 31.9 Å². The average Bonchev–Trinajstić information content (AvgIpc) is 3.01. The molecule has 0 unspecified atom stereocenters. The van der Waals surface area contributed by atoms with E-state index in [0.717, 1.165) is 31.6 Å². The topological polar surface area (TPSA) is 53.6 Å². The van der Waals surface area contributed by atoms with E-state index in [9.17, 15) is 0 Å². The van der Waals surface area contributed by atoms with E-state index in [2.05, 4.69) is 58.4 Å². The van der Waals surface area contributed by atoms with Crippen molar-refractivity contribution in [2.75, 3.05) is 5.32 Å². The third-order valence-electron chi connectivity index (χ3n) is 3.02. The van der Waals surface area contributed by atoms with E-state index in [1.807, 2.05) is 30.3 Å². The molecule has 2 heterocycles. The zero-order valence-electron chi connectivity index (χ0n) is 11.0. The number of anilines is 1. The Balaban J connectivity index is 1.75. The predicted molar refractivity (Wildman–Crippen MR) is 91.0 cm³/mol. The minimum absolute atomic E-state index is 0.653. The molecule has 1 aromatic carbocycles. The maximum Gasteiger partial charge on any atom is 0.0737 e. The Morgan fingerprint density at radius 3 is 2.81 bits per heavy atom. The first-order chi connectivity index (χ1) is 10.2. The van der Waals surface area contributed by atoms with Gasteiger partial charge in [-0.2, -0.15) is 5.10 Å². The summed E-state index contributed by atoms with van der Waals surface area (Å²) >= 11 is 6.92. The highest BCUT2D eigenvalue weighted by molar-refractivity contribution is 9.11. The Morgan fingerprint density at radius 1 is 1.14 bits per heavy atom. The summed E-state index contributed by atoms with van der Waals surface area (Å²) in [7, 11) is 0. The highest BCUT2D eigenvalue weighted by atomic mass is 79.9. The number of benzene rings is 1. The number of pyridine rings is 1. The molecular weight excluding hydrogens is 396 g/mol. The highest BCUT2D eigenvalue weighted by Crippen LogP contribution is 2.23. The van der Waals surface area contributed by atoms with Gasteiger partial charge in [0.25, 0.3) is 0 Å². The van der Waals surface area contributed by atoms with Crippen LogP contribution in [0.3, 0.4) is 0 Å². The second kappa shape index (κ2) is 6.41. The van der Waals surface area contributed by atoms with Gasteiger partial charge in [0, 0.05) is 32.6 Å². The van der Waals surface area contributed by atoms with Crippen molar-refractivity contribution in [3.63, 3.8) is 0 Å². The maximum atomic E-state index is 4.39. The largest absolute Gasteiger partial charge is 0.379 e. The van der Waals surface area contributed by atoms with Gasteiger partial charge in [0.1, 0.15) is 0 Å². The number of nitrogens with zero attached hydrogens (tertiary/aromatic N) is 2. The van der Waals surface area contributed by atoms with E-state index in [1.165, 1.54) is 0 Å². The maximum absolute atomic E-state index is 4.39. The van der Waals surface area contributed by atoms with Crippen LogP contribution in [0.2, 0.25) is 0 Å².